The van der Waals surface area contributed by atoms with E-state index in [0.717, 1.165) is 5.56 Å². The minimum atomic E-state index is -4.84. The zero-order valence-corrected chi connectivity index (χ0v) is 18.3. The van der Waals surface area contributed by atoms with Crippen molar-refractivity contribution in [1.29, 1.82) is 0 Å². The summed E-state index contributed by atoms with van der Waals surface area (Å²) in [5.41, 5.74) is 1.58. The van der Waals surface area contributed by atoms with Crippen LogP contribution in [-0.2, 0) is 16.6 Å². The van der Waals surface area contributed by atoms with Gasteiger partial charge in [-0.1, -0.05) is 24.3 Å². The van der Waals surface area contributed by atoms with Gasteiger partial charge in [0.1, 0.15) is 17.3 Å². The lowest BCUT2D eigenvalue weighted by Gasteiger charge is -2.17. The molecule has 5 nitrogen and oxygen atoms in total. The van der Waals surface area contributed by atoms with Crippen molar-refractivity contribution in [2.24, 2.45) is 0 Å². The van der Waals surface area contributed by atoms with Crippen LogP contribution in [0.2, 0.25) is 0 Å². The highest BCUT2D eigenvalue weighted by molar-refractivity contribution is 5.95. The predicted octanol–water partition coefficient (Wildman–Crippen LogP) is 5.83. The third kappa shape index (κ3) is 4.27. The summed E-state index contributed by atoms with van der Waals surface area (Å²) in [5.74, 6) is 1.43. The lowest BCUT2D eigenvalue weighted by atomic mass is 9.87. The monoisotopic (exact) mass is 470 g/mol. The molecule has 3 aromatic carbocycles. The van der Waals surface area contributed by atoms with Crippen molar-refractivity contribution in [3.8, 4) is 34.1 Å². The van der Waals surface area contributed by atoms with E-state index < -0.39 is 11.8 Å². The third-order valence-electron chi connectivity index (χ3n) is 6.22. The fraction of sp³-hybridized carbons (Fsp3) is 0.269. The Bertz CT molecular complexity index is 1250. The molecule has 3 aromatic rings. The molecular weight excluding hydrogens is 449 g/mol. The van der Waals surface area contributed by atoms with Gasteiger partial charge >= 0.3 is 6.36 Å². The van der Waals surface area contributed by atoms with Crippen molar-refractivity contribution in [3.05, 3.63) is 71.8 Å². The average molecular weight is 470 g/mol. The molecule has 1 heterocycles. The smallest absolute Gasteiger partial charge is 0.497 e. The fourth-order valence-electron chi connectivity index (χ4n) is 4.32. The average Bonchev–Trinajstić information content (AvgIpc) is 3.50. The van der Waals surface area contributed by atoms with Gasteiger partial charge in [0.05, 0.1) is 12.5 Å². The molecule has 1 aliphatic carbocycles. The second kappa shape index (κ2) is 8.27. The molecule has 1 fully saturated rings. The standard InChI is InChI=1S/C26H21F3O5/c1-31-19-4-2-3-17(13-19)20-11-16(5-7-21(20)34-26(27,28)29)12-24(30)25(9-10-25)18-6-8-22-23(14-18)33-15-32-22/h2-8,11,13-14H,9-10,12,15H2,1H3. The Morgan fingerprint density at radius 2 is 1.79 bits per heavy atom. The number of ether oxygens (including phenoxy) is 4. The number of Topliss-reactive ketones (excluding diaryl/α,β-unsaturated/α-hetero) is 1. The van der Waals surface area contributed by atoms with Crippen LogP contribution in [0.1, 0.15) is 24.0 Å². The highest BCUT2D eigenvalue weighted by Crippen LogP contribution is 2.51. The van der Waals surface area contributed by atoms with Gasteiger partial charge in [-0.05, 0) is 65.9 Å². The molecule has 0 atom stereocenters. The van der Waals surface area contributed by atoms with E-state index in [-0.39, 0.29) is 30.3 Å². The van der Waals surface area contributed by atoms with Crippen LogP contribution in [0.5, 0.6) is 23.0 Å². The summed E-state index contributed by atoms with van der Waals surface area (Å²) in [6, 6.07) is 16.5. The first kappa shape index (κ1) is 22.1. The summed E-state index contributed by atoms with van der Waals surface area (Å²) >= 11 is 0. The Balaban J connectivity index is 1.45. The van der Waals surface area contributed by atoms with Crippen LogP contribution in [0.4, 0.5) is 13.2 Å². The van der Waals surface area contributed by atoms with Crippen molar-refractivity contribution in [3.63, 3.8) is 0 Å². The second-order valence-corrected chi connectivity index (χ2v) is 8.36. The summed E-state index contributed by atoms with van der Waals surface area (Å²) in [7, 11) is 1.48. The first-order valence-electron chi connectivity index (χ1n) is 10.7. The van der Waals surface area contributed by atoms with Crippen LogP contribution >= 0.6 is 0 Å². The van der Waals surface area contributed by atoms with Crippen LogP contribution in [-0.4, -0.2) is 26.0 Å². The highest BCUT2D eigenvalue weighted by atomic mass is 19.4. The topological polar surface area (TPSA) is 54.0 Å². The van der Waals surface area contributed by atoms with Crippen LogP contribution in [0.3, 0.4) is 0 Å². The molecule has 0 N–H and O–H groups in total. The maximum absolute atomic E-state index is 13.4. The van der Waals surface area contributed by atoms with E-state index >= 15 is 0 Å². The van der Waals surface area contributed by atoms with Gasteiger partial charge < -0.3 is 18.9 Å². The first-order chi connectivity index (χ1) is 16.3. The maximum Gasteiger partial charge on any atom is 0.573 e. The van der Waals surface area contributed by atoms with E-state index in [0.29, 0.717) is 41.2 Å². The number of ketones is 1. The summed E-state index contributed by atoms with van der Waals surface area (Å²) in [6.07, 6.45) is -3.34. The Morgan fingerprint density at radius 3 is 2.53 bits per heavy atom. The molecule has 0 amide bonds. The lowest BCUT2D eigenvalue weighted by molar-refractivity contribution is -0.274. The Hall–Kier alpha value is -3.68. The highest BCUT2D eigenvalue weighted by Gasteiger charge is 2.50. The normalized spacial score (nSPS) is 15.6. The molecule has 0 bridgehead atoms. The van der Waals surface area contributed by atoms with Gasteiger partial charge in [-0.3, -0.25) is 4.79 Å². The molecule has 1 saturated carbocycles. The number of fused-ring (bicyclic) bond motifs is 1. The minimum absolute atomic E-state index is 0.00690. The minimum Gasteiger partial charge on any atom is -0.497 e. The van der Waals surface area contributed by atoms with Gasteiger partial charge in [-0.2, -0.15) is 0 Å². The largest absolute Gasteiger partial charge is 0.573 e. The molecule has 8 heteroatoms. The third-order valence-corrected chi connectivity index (χ3v) is 6.22. The van der Waals surface area contributed by atoms with E-state index in [1.807, 2.05) is 12.1 Å². The summed E-state index contributed by atoms with van der Waals surface area (Å²) < 4.78 is 59.3. The Labute approximate surface area is 194 Å². The van der Waals surface area contributed by atoms with E-state index in [2.05, 4.69) is 4.74 Å². The van der Waals surface area contributed by atoms with Crippen molar-refractivity contribution in [1.82, 2.24) is 0 Å². The molecule has 34 heavy (non-hydrogen) atoms. The molecule has 5 rings (SSSR count). The SMILES string of the molecule is COc1cccc(-c2cc(CC(=O)C3(c4ccc5c(c4)OCO5)CC3)ccc2OC(F)(F)F)c1. The lowest BCUT2D eigenvalue weighted by Crippen LogP contribution is -2.22. The van der Waals surface area contributed by atoms with E-state index in [1.165, 1.54) is 19.2 Å². The number of halogens is 3. The Kier molecular flexibility index (Phi) is 5.38. The van der Waals surface area contributed by atoms with E-state index in [4.69, 9.17) is 14.2 Å². The molecule has 0 saturated heterocycles. The van der Waals surface area contributed by atoms with Crippen molar-refractivity contribution >= 4 is 5.78 Å². The summed E-state index contributed by atoms with van der Waals surface area (Å²) in [6.45, 7) is 0.152. The molecule has 176 valence electrons. The number of carbonyl (C=O) groups excluding carboxylic acids is 1. The van der Waals surface area contributed by atoms with Gasteiger partial charge in [-0.25, -0.2) is 0 Å². The molecule has 1 aliphatic heterocycles. The van der Waals surface area contributed by atoms with Crippen LogP contribution in [0.15, 0.2) is 60.7 Å². The number of carbonyl (C=O) groups is 1. The van der Waals surface area contributed by atoms with Gasteiger partial charge in [0.15, 0.2) is 11.5 Å². The van der Waals surface area contributed by atoms with E-state index in [9.17, 15) is 18.0 Å². The maximum atomic E-state index is 13.4. The van der Waals surface area contributed by atoms with Crippen LogP contribution in [0.25, 0.3) is 11.1 Å². The zero-order valence-electron chi connectivity index (χ0n) is 18.3. The zero-order chi connectivity index (χ0) is 23.9. The predicted molar refractivity (Wildman–Crippen MR) is 117 cm³/mol. The van der Waals surface area contributed by atoms with Gasteiger partial charge in [0, 0.05) is 12.0 Å². The van der Waals surface area contributed by atoms with Crippen LogP contribution < -0.4 is 18.9 Å². The van der Waals surface area contributed by atoms with Gasteiger partial charge in [0.25, 0.3) is 0 Å². The number of alkyl halides is 3. The quantitative estimate of drug-likeness (QED) is 0.435. The summed E-state index contributed by atoms with van der Waals surface area (Å²) in [5, 5.41) is 0. The fourth-order valence-corrected chi connectivity index (χ4v) is 4.32. The second-order valence-electron chi connectivity index (χ2n) is 8.36. The number of hydrogen-bond acceptors (Lipinski definition) is 5. The van der Waals surface area contributed by atoms with Crippen molar-refractivity contribution in [2.75, 3.05) is 13.9 Å². The summed E-state index contributed by atoms with van der Waals surface area (Å²) in [4.78, 5) is 13.4. The molecular formula is C26H21F3O5. The number of rotatable bonds is 7. The molecule has 0 radical (unpaired) electrons. The first-order valence-corrected chi connectivity index (χ1v) is 10.7. The van der Waals surface area contributed by atoms with Gasteiger partial charge in [-0.15, -0.1) is 13.2 Å². The number of benzene rings is 3. The van der Waals surface area contributed by atoms with Crippen molar-refractivity contribution in [2.45, 2.75) is 31.0 Å². The molecule has 0 unspecified atom stereocenters. The number of methoxy groups -OCH3 is 1. The van der Waals surface area contributed by atoms with E-state index in [1.54, 1.807) is 36.4 Å². The van der Waals surface area contributed by atoms with Crippen LogP contribution in [0, 0.1) is 0 Å². The number of hydrogen-bond donors (Lipinski definition) is 0. The molecule has 2 aliphatic rings. The molecule has 0 aromatic heterocycles. The Morgan fingerprint density at radius 1 is 1.00 bits per heavy atom. The van der Waals surface area contributed by atoms with Crippen molar-refractivity contribution < 1.29 is 36.9 Å². The molecule has 0 spiro atoms. The van der Waals surface area contributed by atoms with Gasteiger partial charge in [0.2, 0.25) is 6.79 Å².